The van der Waals surface area contributed by atoms with Crippen molar-refractivity contribution in [3.8, 4) is 5.75 Å². The quantitative estimate of drug-likeness (QED) is 0.447. The lowest BCUT2D eigenvalue weighted by Gasteiger charge is -2.30. The van der Waals surface area contributed by atoms with Crippen molar-refractivity contribution in [2.45, 2.75) is 44.4 Å². The second kappa shape index (κ2) is 11.9. The zero-order chi connectivity index (χ0) is 25.5. The van der Waals surface area contributed by atoms with E-state index in [2.05, 4.69) is 17.5 Å². The third kappa shape index (κ3) is 6.35. The molecule has 3 atom stereocenters. The van der Waals surface area contributed by atoms with Crippen molar-refractivity contribution in [3.63, 3.8) is 0 Å². The zero-order valence-corrected chi connectivity index (χ0v) is 21.3. The molecule has 0 saturated carbocycles. The number of halogens is 1. The summed E-state index contributed by atoms with van der Waals surface area (Å²) in [6.07, 6.45) is 5.63. The fourth-order valence-electron chi connectivity index (χ4n) is 4.38. The number of hydrogen-bond donors (Lipinski definition) is 1. The highest BCUT2D eigenvalue weighted by Gasteiger charge is 2.31. The van der Waals surface area contributed by atoms with Crippen molar-refractivity contribution in [3.05, 3.63) is 113 Å². The molecular formula is C30H31ClN2O3. The number of ether oxygens (including phenoxy) is 1. The Hall–Kier alpha value is -3.57. The van der Waals surface area contributed by atoms with Crippen LogP contribution in [-0.2, 0) is 11.2 Å². The minimum absolute atomic E-state index is 0.122. The molecular weight excluding hydrogens is 472 g/mol. The Morgan fingerprint density at radius 2 is 1.67 bits per heavy atom. The summed E-state index contributed by atoms with van der Waals surface area (Å²) in [5.74, 6) is 0.0284. The molecule has 0 fully saturated rings. The molecule has 0 bridgehead atoms. The fourth-order valence-corrected chi connectivity index (χ4v) is 4.57. The normalized spacial score (nSPS) is 22.1. The number of para-hydroxylation sites is 1. The Bertz CT molecular complexity index is 1230. The van der Waals surface area contributed by atoms with Crippen molar-refractivity contribution in [2.75, 3.05) is 7.05 Å². The van der Waals surface area contributed by atoms with E-state index in [0.717, 1.165) is 11.1 Å². The molecule has 0 spiro atoms. The summed E-state index contributed by atoms with van der Waals surface area (Å²) in [4.78, 5) is 29.0. The molecule has 0 saturated heterocycles. The van der Waals surface area contributed by atoms with Crippen LogP contribution in [0.25, 0.3) is 0 Å². The van der Waals surface area contributed by atoms with Crippen molar-refractivity contribution in [1.82, 2.24) is 10.2 Å². The van der Waals surface area contributed by atoms with Crippen LogP contribution >= 0.6 is 11.6 Å². The van der Waals surface area contributed by atoms with Gasteiger partial charge in [0, 0.05) is 24.9 Å². The summed E-state index contributed by atoms with van der Waals surface area (Å²) in [5.41, 5.74) is 2.32. The van der Waals surface area contributed by atoms with Gasteiger partial charge in [0.05, 0.1) is 17.7 Å². The number of hydrogen-bond acceptors (Lipinski definition) is 3. The SMILES string of the molecule is C[C@H]1C/C=C/C[C@H](c2cccc(Cl)c2)NC(=O)[C@@H](Cc2ccccc2)N(C)C(=O)c2ccccc2O1. The topological polar surface area (TPSA) is 58.6 Å². The molecule has 0 radical (unpaired) electrons. The van der Waals surface area contributed by atoms with E-state index in [1.54, 1.807) is 19.2 Å². The number of amides is 2. The highest BCUT2D eigenvalue weighted by atomic mass is 35.5. The molecule has 1 aliphatic rings. The second-order valence-corrected chi connectivity index (χ2v) is 9.54. The lowest BCUT2D eigenvalue weighted by molar-refractivity contribution is -0.126. The second-order valence-electron chi connectivity index (χ2n) is 9.11. The molecule has 0 aromatic heterocycles. The molecule has 3 aromatic carbocycles. The molecule has 1 aliphatic heterocycles. The number of fused-ring (bicyclic) bond motifs is 1. The van der Waals surface area contributed by atoms with Crippen LogP contribution in [0, 0.1) is 0 Å². The molecule has 36 heavy (non-hydrogen) atoms. The number of likely N-dealkylation sites (N-methyl/N-ethyl adjacent to an activating group) is 1. The van der Waals surface area contributed by atoms with Gasteiger partial charge in [0.25, 0.3) is 5.91 Å². The van der Waals surface area contributed by atoms with Gasteiger partial charge in [-0.1, -0.05) is 78.4 Å². The third-order valence-electron chi connectivity index (χ3n) is 6.38. The molecule has 3 aromatic rings. The average Bonchev–Trinajstić information content (AvgIpc) is 2.88. The van der Waals surface area contributed by atoms with Crippen molar-refractivity contribution >= 4 is 23.4 Å². The zero-order valence-electron chi connectivity index (χ0n) is 20.6. The smallest absolute Gasteiger partial charge is 0.258 e. The monoisotopic (exact) mass is 502 g/mol. The van der Waals surface area contributed by atoms with Crippen LogP contribution in [0.5, 0.6) is 5.75 Å². The van der Waals surface area contributed by atoms with Gasteiger partial charge in [0.1, 0.15) is 11.8 Å². The minimum atomic E-state index is -0.723. The summed E-state index contributed by atoms with van der Waals surface area (Å²) in [5, 5.41) is 3.81. The molecule has 186 valence electrons. The van der Waals surface area contributed by atoms with Gasteiger partial charge in [-0.05, 0) is 48.7 Å². The number of nitrogens with zero attached hydrogens (tertiary/aromatic N) is 1. The van der Waals surface area contributed by atoms with Gasteiger partial charge >= 0.3 is 0 Å². The molecule has 0 unspecified atom stereocenters. The molecule has 4 rings (SSSR count). The van der Waals surface area contributed by atoms with Crippen molar-refractivity contribution in [1.29, 1.82) is 0 Å². The van der Waals surface area contributed by atoms with E-state index in [4.69, 9.17) is 16.3 Å². The first kappa shape index (κ1) is 25.5. The molecule has 2 amide bonds. The van der Waals surface area contributed by atoms with E-state index in [-0.39, 0.29) is 24.0 Å². The van der Waals surface area contributed by atoms with Crippen LogP contribution in [0.2, 0.25) is 5.02 Å². The summed E-state index contributed by atoms with van der Waals surface area (Å²) >= 11 is 6.26. The Labute approximate surface area is 217 Å². The van der Waals surface area contributed by atoms with Gasteiger partial charge in [0.15, 0.2) is 0 Å². The van der Waals surface area contributed by atoms with Gasteiger partial charge in [-0.25, -0.2) is 0 Å². The first-order valence-corrected chi connectivity index (χ1v) is 12.6. The number of benzene rings is 3. The number of rotatable bonds is 3. The van der Waals surface area contributed by atoms with Gasteiger partial charge in [-0.2, -0.15) is 0 Å². The largest absolute Gasteiger partial charge is 0.490 e. The Morgan fingerprint density at radius 3 is 2.44 bits per heavy atom. The van der Waals surface area contributed by atoms with E-state index < -0.39 is 6.04 Å². The maximum Gasteiger partial charge on any atom is 0.258 e. The van der Waals surface area contributed by atoms with Crippen LogP contribution in [-0.4, -0.2) is 35.9 Å². The molecule has 5 nitrogen and oxygen atoms in total. The molecule has 1 heterocycles. The Balaban J connectivity index is 1.73. The van der Waals surface area contributed by atoms with Gasteiger partial charge < -0.3 is 15.0 Å². The highest BCUT2D eigenvalue weighted by molar-refractivity contribution is 6.30. The van der Waals surface area contributed by atoms with Crippen LogP contribution in [0.15, 0.2) is 91.0 Å². The van der Waals surface area contributed by atoms with Gasteiger partial charge in [0.2, 0.25) is 5.91 Å². The van der Waals surface area contributed by atoms with Gasteiger partial charge in [-0.3, -0.25) is 9.59 Å². The first-order valence-electron chi connectivity index (χ1n) is 12.2. The van der Waals surface area contributed by atoms with E-state index in [0.29, 0.717) is 35.6 Å². The van der Waals surface area contributed by atoms with Crippen LogP contribution in [0.1, 0.15) is 47.3 Å². The summed E-state index contributed by atoms with van der Waals surface area (Å²) in [7, 11) is 1.68. The van der Waals surface area contributed by atoms with E-state index in [9.17, 15) is 9.59 Å². The van der Waals surface area contributed by atoms with Crippen LogP contribution < -0.4 is 10.1 Å². The standard InChI is InChI=1S/C30H31ClN2O3/c1-21-11-6-8-17-26(23-14-10-15-24(31)20-23)32-29(34)27(19-22-12-4-3-5-13-22)33(2)30(35)25-16-7-9-18-28(25)36-21/h3-10,12-16,18,20-21,26-27H,11,17,19H2,1-2H3,(H,32,34)/b8-6+/t21-,26+,27+/m0/s1. The molecule has 0 aliphatic carbocycles. The lowest BCUT2D eigenvalue weighted by atomic mass is 9.99. The number of carbonyl (C=O) groups is 2. The maximum absolute atomic E-state index is 13.8. The predicted molar refractivity (Wildman–Crippen MR) is 143 cm³/mol. The third-order valence-corrected chi connectivity index (χ3v) is 6.62. The van der Waals surface area contributed by atoms with Crippen molar-refractivity contribution in [2.24, 2.45) is 0 Å². The first-order chi connectivity index (χ1) is 17.4. The van der Waals surface area contributed by atoms with Crippen LogP contribution in [0.4, 0.5) is 0 Å². The van der Waals surface area contributed by atoms with E-state index in [1.165, 1.54) is 4.90 Å². The van der Waals surface area contributed by atoms with E-state index in [1.807, 2.05) is 73.7 Å². The highest BCUT2D eigenvalue weighted by Crippen LogP contribution is 2.26. The predicted octanol–water partition coefficient (Wildman–Crippen LogP) is 6.00. The van der Waals surface area contributed by atoms with Gasteiger partial charge in [-0.15, -0.1) is 0 Å². The summed E-state index contributed by atoms with van der Waals surface area (Å²) < 4.78 is 6.15. The number of carbonyl (C=O) groups excluding carboxylic acids is 2. The molecule has 1 N–H and O–H groups in total. The minimum Gasteiger partial charge on any atom is -0.490 e. The fraction of sp³-hybridized carbons (Fsp3) is 0.267. The lowest BCUT2D eigenvalue weighted by Crippen LogP contribution is -2.49. The number of nitrogens with one attached hydrogen (secondary N) is 1. The molecule has 6 heteroatoms. The van der Waals surface area contributed by atoms with Crippen LogP contribution in [0.3, 0.4) is 0 Å². The maximum atomic E-state index is 13.8. The average molecular weight is 503 g/mol. The van der Waals surface area contributed by atoms with Crippen molar-refractivity contribution < 1.29 is 14.3 Å². The Kier molecular flexibility index (Phi) is 8.44. The summed E-state index contributed by atoms with van der Waals surface area (Å²) in [6, 6.07) is 23.4. The Morgan fingerprint density at radius 1 is 0.944 bits per heavy atom. The summed E-state index contributed by atoms with van der Waals surface area (Å²) in [6.45, 7) is 1.98. The van der Waals surface area contributed by atoms with E-state index >= 15 is 0 Å².